The maximum absolute atomic E-state index is 3.68. The van der Waals surface area contributed by atoms with Crippen LogP contribution in [0, 0.1) is 17.8 Å². The van der Waals surface area contributed by atoms with E-state index >= 15 is 0 Å². The smallest absolute Gasteiger partial charge is 0.0121 e. The summed E-state index contributed by atoms with van der Waals surface area (Å²) in [5, 5.41) is 3.68. The maximum atomic E-state index is 3.68. The van der Waals surface area contributed by atoms with E-state index in [0.29, 0.717) is 0 Å². The highest BCUT2D eigenvalue weighted by Gasteiger charge is 2.34. The van der Waals surface area contributed by atoms with Crippen LogP contribution in [0.5, 0.6) is 0 Å². The number of likely N-dealkylation sites (tertiary alicyclic amines) is 1. The Morgan fingerprint density at radius 3 is 2.47 bits per heavy atom. The summed E-state index contributed by atoms with van der Waals surface area (Å²) in [5.41, 5.74) is 0.265. The minimum Gasteiger partial charge on any atom is -0.312 e. The molecule has 0 spiro atoms. The normalized spacial score (nSPS) is 37.7. The first kappa shape index (κ1) is 15.3. The highest BCUT2D eigenvalue weighted by molar-refractivity contribution is 4.89. The number of rotatable bonds is 3. The molecule has 2 rings (SSSR count). The Bertz CT molecular complexity index is 281. The van der Waals surface area contributed by atoms with Crippen molar-refractivity contribution >= 4 is 0 Å². The van der Waals surface area contributed by atoms with E-state index in [1.54, 1.807) is 0 Å². The number of nitrogens with zero attached hydrogens (tertiary/aromatic N) is 1. The summed E-state index contributed by atoms with van der Waals surface area (Å²) in [4.78, 5) is 2.80. The molecule has 4 atom stereocenters. The van der Waals surface area contributed by atoms with Crippen LogP contribution < -0.4 is 5.32 Å². The van der Waals surface area contributed by atoms with E-state index in [9.17, 15) is 0 Å². The fourth-order valence-corrected chi connectivity index (χ4v) is 3.97. The highest BCUT2D eigenvalue weighted by Crippen LogP contribution is 2.34. The fraction of sp³-hybridized carbons (Fsp3) is 1.00. The molecule has 19 heavy (non-hydrogen) atoms. The predicted octanol–water partition coefficient (Wildman–Crippen LogP) is 3.52. The third-order valence-corrected chi connectivity index (χ3v) is 5.09. The Balaban J connectivity index is 1.78. The summed E-state index contributed by atoms with van der Waals surface area (Å²) in [5.74, 6) is 2.72. The molecule has 1 heterocycles. The zero-order chi connectivity index (χ0) is 14.0. The molecule has 0 bridgehead atoms. The lowest BCUT2D eigenvalue weighted by Gasteiger charge is -2.38. The predicted molar refractivity (Wildman–Crippen MR) is 83.4 cm³/mol. The van der Waals surface area contributed by atoms with Gasteiger partial charge in [0.15, 0.2) is 0 Å². The lowest BCUT2D eigenvalue weighted by Crippen LogP contribution is -2.43. The summed E-state index contributed by atoms with van der Waals surface area (Å²) in [6.07, 6.45) is 5.70. The molecular formula is C17H34N2. The molecule has 2 fully saturated rings. The molecule has 4 unspecified atom stereocenters. The maximum Gasteiger partial charge on any atom is 0.0121 e. The van der Waals surface area contributed by atoms with Gasteiger partial charge in [0.2, 0.25) is 0 Å². The van der Waals surface area contributed by atoms with Gasteiger partial charge in [0.1, 0.15) is 0 Å². The van der Waals surface area contributed by atoms with Crippen LogP contribution in [0.25, 0.3) is 0 Å². The van der Waals surface area contributed by atoms with E-state index in [-0.39, 0.29) is 5.54 Å². The topological polar surface area (TPSA) is 15.3 Å². The van der Waals surface area contributed by atoms with Gasteiger partial charge in [0.05, 0.1) is 0 Å². The van der Waals surface area contributed by atoms with Gasteiger partial charge in [-0.3, -0.25) is 4.90 Å². The van der Waals surface area contributed by atoms with Gasteiger partial charge in [0, 0.05) is 18.1 Å². The highest BCUT2D eigenvalue weighted by atomic mass is 15.2. The zero-order valence-corrected chi connectivity index (χ0v) is 13.7. The summed E-state index contributed by atoms with van der Waals surface area (Å²) in [7, 11) is 0. The van der Waals surface area contributed by atoms with Crippen LogP contribution in [0.2, 0.25) is 0 Å². The largest absolute Gasteiger partial charge is 0.312 e. The Morgan fingerprint density at radius 2 is 1.84 bits per heavy atom. The van der Waals surface area contributed by atoms with Crippen molar-refractivity contribution in [3.05, 3.63) is 0 Å². The fourth-order valence-electron chi connectivity index (χ4n) is 3.97. The molecule has 1 aliphatic heterocycles. The quantitative estimate of drug-likeness (QED) is 0.841. The van der Waals surface area contributed by atoms with E-state index < -0.39 is 0 Å². The summed E-state index contributed by atoms with van der Waals surface area (Å²) < 4.78 is 0. The Hall–Kier alpha value is -0.0800. The molecule has 0 aromatic carbocycles. The van der Waals surface area contributed by atoms with Gasteiger partial charge in [-0.25, -0.2) is 0 Å². The Kier molecular flexibility index (Phi) is 4.94. The first-order valence-corrected chi connectivity index (χ1v) is 8.34. The van der Waals surface area contributed by atoms with Gasteiger partial charge in [-0.15, -0.1) is 0 Å². The number of nitrogens with one attached hydrogen (secondary N) is 1. The van der Waals surface area contributed by atoms with Crippen LogP contribution in [0.15, 0.2) is 0 Å². The molecular weight excluding hydrogens is 232 g/mol. The monoisotopic (exact) mass is 266 g/mol. The minimum atomic E-state index is 0.265. The van der Waals surface area contributed by atoms with Crippen LogP contribution >= 0.6 is 0 Å². The summed E-state index contributed by atoms with van der Waals surface area (Å²) in [6, 6.07) is 0.871. The second-order valence-corrected chi connectivity index (χ2v) is 8.24. The lowest BCUT2D eigenvalue weighted by molar-refractivity contribution is 0.111. The van der Waals surface area contributed by atoms with Crippen molar-refractivity contribution in [1.29, 1.82) is 0 Å². The van der Waals surface area contributed by atoms with Gasteiger partial charge in [0.25, 0.3) is 0 Å². The summed E-state index contributed by atoms with van der Waals surface area (Å²) >= 11 is 0. The van der Waals surface area contributed by atoms with Crippen LogP contribution in [-0.4, -0.2) is 36.1 Å². The zero-order valence-electron chi connectivity index (χ0n) is 13.7. The van der Waals surface area contributed by atoms with E-state index in [4.69, 9.17) is 0 Å². The molecule has 1 saturated heterocycles. The standard InChI is InChI=1S/C17H34N2/c1-13-6-7-16(14(2)10-13)19-9-8-15(12-19)11-18-17(3,4)5/h13-16,18H,6-12H2,1-5H3. The third kappa shape index (κ3) is 4.46. The van der Waals surface area contributed by atoms with Crippen molar-refractivity contribution in [3.8, 4) is 0 Å². The van der Waals surface area contributed by atoms with Crippen molar-refractivity contribution in [2.45, 2.75) is 71.9 Å². The molecule has 2 aliphatic rings. The molecule has 2 heteroatoms. The first-order valence-electron chi connectivity index (χ1n) is 8.34. The lowest BCUT2D eigenvalue weighted by atomic mass is 9.79. The minimum absolute atomic E-state index is 0.265. The van der Waals surface area contributed by atoms with Gasteiger partial charge < -0.3 is 5.32 Å². The van der Waals surface area contributed by atoms with Crippen LogP contribution in [0.3, 0.4) is 0 Å². The van der Waals surface area contributed by atoms with Gasteiger partial charge in [-0.2, -0.15) is 0 Å². The van der Waals surface area contributed by atoms with Crippen LogP contribution in [0.4, 0.5) is 0 Å². The average Bonchev–Trinajstić information content (AvgIpc) is 2.74. The SMILES string of the molecule is CC1CCC(N2CCC(CNC(C)(C)C)C2)C(C)C1. The van der Waals surface area contributed by atoms with E-state index in [1.807, 2.05) is 0 Å². The average molecular weight is 266 g/mol. The number of hydrogen-bond acceptors (Lipinski definition) is 2. The summed E-state index contributed by atoms with van der Waals surface area (Å²) in [6.45, 7) is 15.6. The van der Waals surface area contributed by atoms with Crippen LogP contribution in [-0.2, 0) is 0 Å². The molecule has 0 radical (unpaired) electrons. The Labute approximate surface area is 120 Å². The van der Waals surface area contributed by atoms with Gasteiger partial charge in [-0.05, 0) is 77.3 Å². The number of hydrogen-bond donors (Lipinski definition) is 1. The second kappa shape index (κ2) is 6.13. The van der Waals surface area contributed by atoms with Crippen molar-refractivity contribution in [2.24, 2.45) is 17.8 Å². The molecule has 0 amide bonds. The molecule has 1 N–H and O–H groups in total. The van der Waals surface area contributed by atoms with E-state index in [0.717, 1.165) is 23.8 Å². The molecule has 0 aromatic rings. The molecule has 1 aliphatic carbocycles. The van der Waals surface area contributed by atoms with Gasteiger partial charge >= 0.3 is 0 Å². The van der Waals surface area contributed by atoms with Crippen molar-refractivity contribution in [1.82, 2.24) is 10.2 Å². The van der Waals surface area contributed by atoms with E-state index in [2.05, 4.69) is 44.8 Å². The molecule has 1 saturated carbocycles. The molecule has 0 aromatic heterocycles. The van der Waals surface area contributed by atoms with Crippen molar-refractivity contribution in [2.75, 3.05) is 19.6 Å². The van der Waals surface area contributed by atoms with Crippen molar-refractivity contribution in [3.63, 3.8) is 0 Å². The van der Waals surface area contributed by atoms with Crippen LogP contribution in [0.1, 0.15) is 60.3 Å². The van der Waals surface area contributed by atoms with Crippen molar-refractivity contribution < 1.29 is 0 Å². The van der Waals surface area contributed by atoms with Gasteiger partial charge in [-0.1, -0.05) is 13.8 Å². The third-order valence-electron chi connectivity index (χ3n) is 5.09. The van der Waals surface area contributed by atoms with E-state index in [1.165, 1.54) is 45.3 Å². The second-order valence-electron chi connectivity index (χ2n) is 8.24. The molecule has 112 valence electrons. The first-order chi connectivity index (χ1) is 8.85. The Morgan fingerprint density at radius 1 is 1.11 bits per heavy atom. The molecule has 2 nitrogen and oxygen atoms in total.